The van der Waals surface area contributed by atoms with Gasteiger partial charge in [0.25, 0.3) is 0 Å². The van der Waals surface area contributed by atoms with Gasteiger partial charge in [0.1, 0.15) is 6.10 Å². The highest BCUT2D eigenvalue weighted by Gasteiger charge is 2.44. The van der Waals surface area contributed by atoms with E-state index in [1.54, 1.807) is 6.92 Å². The van der Waals surface area contributed by atoms with Crippen molar-refractivity contribution in [3.63, 3.8) is 0 Å². The van der Waals surface area contributed by atoms with Crippen LogP contribution in [0, 0.1) is 0 Å². The number of ether oxygens (including phenoxy) is 1. The molecule has 4 unspecified atom stereocenters. The summed E-state index contributed by atoms with van der Waals surface area (Å²) in [7, 11) is 0. The van der Waals surface area contributed by atoms with Crippen molar-refractivity contribution >= 4 is 0 Å². The Bertz CT molecular complexity index is 210. The Kier molecular flexibility index (Phi) is 4.08. The molecule has 0 amide bonds. The minimum absolute atomic E-state index is 0.167. The number of hydrogen-bond acceptors (Lipinski definition) is 5. The van der Waals surface area contributed by atoms with Gasteiger partial charge in [-0.3, -0.25) is 0 Å². The maximum atomic E-state index is 10.1. The topological polar surface area (TPSA) is 95.9 Å². The van der Waals surface area contributed by atoms with E-state index in [1.807, 2.05) is 6.92 Å². The van der Waals surface area contributed by atoms with Crippen LogP contribution in [0.3, 0.4) is 0 Å². The molecule has 5 nitrogen and oxygen atoms in total. The monoisotopic (exact) mass is 219 g/mol. The highest BCUT2D eigenvalue weighted by Crippen LogP contribution is 2.28. The molecule has 1 heterocycles. The normalized spacial score (nSPS) is 41.2. The smallest absolute Gasteiger partial charge is 0.104 e. The van der Waals surface area contributed by atoms with Crippen LogP contribution in [0.5, 0.6) is 0 Å². The highest BCUT2D eigenvalue weighted by molar-refractivity contribution is 4.97. The Morgan fingerprint density at radius 3 is 2.60 bits per heavy atom. The van der Waals surface area contributed by atoms with E-state index in [4.69, 9.17) is 15.6 Å². The van der Waals surface area contributed by atoms with Crippen LogP contribution >= 0.6 is 0 Å². The van der Waals surface area contributed by atoms with Crippen molar-refractivity contribution in [2.75, 3.05) is 6.61 Å². The summed E-state index contributed by atoms with van der Waals surface area (Å²) in [5, 5.41) is 28.7. The molecule has 1 fully saturated rings. The summed E-state index contributed by atoms with van der Waals surface area (Å²) in [6.07, 6.45) is -1.02. The molecule has 5 N–H and O–H groups in total. The van der Waals surface area contributed by atoms with Gasteiger partial charge in [-0.1, -0.05) is 6.92 Å². The standard InChI is InChI=1S/C10H21NO4/c1-3-10(2,14)9-8(11)7(13)4-6(5-12)15-9/h6-9,12-14H,3-5,11H2,1-2H3/t6?,7?,8-,9?,10?/m0/s1. The van der Waals surface area contributed by atoms with Crippen molar-refractivity contribution in [2.24, 2.45) is 5.73 Å². The van der Waals surface area contributed by atoms with Crippen LogP contribution in [0.15, 0.2) is 0 Å². The first-order valence-electron chi connectivity index (χ1n) is 5.34. The second kappa shape index (κ2) is 4.76. The molecule has 0 radical (unpaired) electrons. The third-order valence-electron chi connectivity index (χ3n) is 3.17. The Hall–Kier alpha value is -0.200. The molecule has 0 aliphatic carbocycles. The van der Waals surface area contributed by atoms with E-state index in [-0.39, 0.29) is 6.61 Å². The van der Waals surface area contributed by atoms with Gasteiger partial charge in [0.2, 0.25) is 0 Å². The summed E-state index contributed by atoms with van der Waals surface area (Å²) >= 11 is 0. The Labute approximate surface area is 89.9 Å². The van der Waals surface area contributed by atoms with E-state index in [0.717, 1.165) is 0 Å². The lowest BCUT2D eigenvalue weighted by molar-refractivity contribution is -0.190. The maximum Gasteiger partial charge on any atom is 0.104 e. The Morgan fingerprint density at radius 2 is 2.13 bits per heavy atom. The van der Waals surface area contributed by atoms with Crippen molar-refractivity contribution in [3.05, 3.63) is 0 Å². The lowest BCUT2D eigenvalue weighted by atomic mass is 9.84. The summed E-state index contributed by atoms with van der Waals surface area (Å²) in [4.78, 5) is 0. The summed E-state index contributed by atoms with van der Waals surface area (Å²) in [5.74, 6) is 0. The molecule has 1 saturated heterocycles. The van der Waals surface area contributed by atoms with Crippen LogP contribution < -0.4 is 5.73 Å². The summed E-state index contributed by atoms with van der Waals surface area (Å²) in [6.45, 7) is 3.29. The number of hydrogen-bond donors (Lipinski definition) is 4. The van der Waals surface area contributed by atoms with Crippen molar-refractivity contribution in [1.82, 2.24) is 0 Å². The second-order valence-electron chi connectivity index (χ2n) is 4.45. The van der Waals surface area contributed by atoms with Crippen molar-refractivity contribution in [1.29, 1.82) is 0 Å². The summed E-state index contributed by atoms with van der Waals surface area (Å²) < 4.78 is 5.49. The van der Waals surface area contributed by atoms with Gasteiger partial charge in [0.15, 0.2) is 0 Å². The van der Waals surface area contributed by atoms with E-state index in [1.165, 1.54) is 0 Å². The van der Waals surface area contributed by atoms with E-state index < -0.39 is 30.0 Å². The molecular formula is C10H21NO4. The first kappa shape index (κ1) is 12.9. The van der Waals surface area contributed by atoms with E-state index in [0.29, 0.717) is 12.8 Å². The Morgan fingerprint density at radius 1 is 1.53 bits per heavy atom. The van der Waals surface area contributed by atoms with Crippen LogP contribution in [0.2, 0.25) is 0 Å². The summed E-state index contributed by atoms with van der Waals surface area (Å²) in [6, 6.07) is -0.609. The zero-order valence-corrected chi connectivity index (χ0v) is 9.26. The molecule has 0 spiro atoms. The molecular weight excluding hydrogens is 198 g/mol. The predicted octanol–water partition coefficient (Wildman–Crippen LogP) is -1.01. The number of rotatable bonds is 3. The fourth-order valence-electron chi connectivity index (χ4n) is 1.86. The van der Waals surface area contributed by atoms with Gasteiger partial charge in [-0.25, -0.2) is 0 Å². The molecule has 5 atom stereocenters. The number of aliphatic hydroxyl groups is 3. The highest BCUT2D eigenvalue weighted by atomic mass is 16.5. The van der Waals surface area contributed by atoms with Gasteiger partial charge >= 0.3 is 0 Å². The lowest BCUT2D eigenvalue weighted by Crippen LogP contribution is -2.62. The van der Waals surface area contributed by atoms with Crippen molar-refractivity contribution in [2.45, 2.75) is 56.6 Å². The zero-order chi connectivity index (χ0) is 11.6. The quantitative estimate of drug-likeness (QED) is 0.487. The van der Waals surface area contributed by atoms with Crippen molar-refractivity contribution in [3.8, 4) is 0 Å². The van der Waals surface area contributed by atoms with Gasteiger partial charge in [-0.2, -0.15) is 0 Å². The lowest BCUT2D eigenvalue weighted by Gasteiger charge is -2.44. The third kappa shape index (κ3) is 2.68. The SMILES string of the molecule is CCC(C)(O)C1OC(CO)CC(O)[C@@H]1N. The van der Waals surface area contributed by atoms with Gasteiger partial charge in [-0.05, 0) is 13.3 Å². The average molecular weight is 219 g/mol. The molecule has 0 saturated carbocycles. The van der Waals surface area contributed by atoms with Crippen molar-refractivity contribution < 1.29 is 20.1 Å². The van der Waals surface area contributed by atoms with E-state index in [9.17, 15) is 10.2 Å². The zero-order valence-electron chi connectivity index (χ0n) is 9.26. The first-order valence-corrected chi connectivity index (χ1v) is 5.34. The largest absolute Gasteiger partial charge is 0.394 e. The molecule has 1 aliphatic heterocycles. The van der Waals surface area contributed by atoms with Gasteiger partial charge < -0.3 is 25.8 Å². The fraction of sp³-hybridized carbons (Fsp3) is 1.00. The van der Waals surface area contributed by atoms with E-state index in [2.05, 4.69) is 0 Å². The van der Waals surface area contributed by atoms with Crippen LogP contribution in [0.25, 0.3) is 0 Å². The predicted molar refractivity (Wildman–Crippen MR) is 55.3 cm³/mol. The molecule has 0 aromatic heterocycles. The van der Waals surface area contributed by atoms with E-state index >= 15 is 0 Å². The molecule has 1 rings (SSSR count). The number of aliphatic hydroxyl groups excluding tert-OH is 2. The molecule has 5 heteroatoms. The second-order valence-corrected chi connectivity index (χ2v) is 4.45. The van der Waals surface area contributed by atoms with Crippen LogP contribution in [-0.4, -0.2) is 51.9 Å². The van der Waals surface area contributed by atoms with Gasteiger partial charge in [0, 0.05) is 6.42 Å². The van der Waals surface area contributed by atoms with Gasteiger partial charge in [-0.15, -0.1) is 0 Å². The summed E-state index contributed by atoms with van der Waals surface area (Å²) in [5.41, 5.74) is 4.71. The average Bonchev–Trinajstić information content (AvgIpc) is 2.21. The molecule has 15 heavy (non-hydrogen) atoms. The molecule has 0 aromatic rings. The minimum Gasteiger partial charge on any atom is -0.394 e. The molecule has 0 aromatic carbocycles. The maximum absolute atomic E-state index is 10.1. The molecule has 90 valence electrons. The third-order valence-corrected chi connectivity index (χ3v) is 3.17. The van der Waals surface area contributed by atoms with Gasteiger partial charge in [0.05, 0.1) is 30.5 Å². The van der Waals surface area contributed by atoms with Crippen LogP contribution in [0.1, 0.15) is 26.7 Å². The first-order chi connectivity index (χ1) is 6.92. The van der Waals surface area contributed by atoms with Crippen LogP contribution in [0.4, 0.5) is 0 Å². The minimum atomic E-state index is -1.08. The Balaban J connectivity index is 2.77. The molecule has 1 aliphatic rings. The van der Waals surface area contributed by atoms with Crippen LogP contribution in [-0.2, 0) is 4.74 Å². The number of nitrogens with two attached hydrogens (primary N) is 1. The fourth-order valence-corrected chi connectivity index (χ4v) is 1.86. The molecule has 0 bridgehead atoms.